The Morgan fingerprint density at radius 2 is 1.78 bits per heavy atom. The van der Waals surface area contributed by atoms with Gasteiger partial charge >= 0.3 is 0 Å². The number of halogens is 1. The van der Waals surface area contributed by atoms with E-state index in [9.17, 15) is 0 Å². The summed E-state index contributed by atoms with van der Waals surface area (Å²) in [6.07, 6.45) is 4.55. The van der Waals surface area contributed by atoms with Crippen molar-refractivity contribution in [1.29, 1.82) is 0 Å². The van der Waals surface area contributed by atoms with Crippen LogP contribution in [0.5, 0.6) is 0 Å². The van der Waals surface area contributed by atoms with Crippen LogP contribution in [0.3, 0.4) is 0 Å². The fraction of sp³-hybridized carbons (Fsp3) is 0.765. The lowest BCUT2D eigenvalue weighted by Gasteiger charge is -2.16. The molecule has 0 aliphatic heterocycles. The van der Waals surface area contributed by atoms with Crippen LogP contribution in [0.2, 0.25) is 0 Å². The molecule has 0 radical (unpaired) electrons. The lowest BCUT2D eigenvalue weighted by molar-refractivity contribution is 0.367. The minimum Gasteiger partial charge on any atom is -0.359 e. The van der Waals surface area contributed by atoms with Gasteiger partial charge in [-0.2, -0.15) is 0 Å². The average Bonchev–Trinajstić information content (AvgIpc) is 3.01. The average molecular weight is 436 g/mol. The first kappa shape index (κ1) is 22.2. The van der Waals surface area contributed by atoms with E-state index in [1.807, 2.05) is 0 Å². The molecular weight excluding hydrogens is 403 g/mol. The molecule has 0 aromatic carbocycles. The van der Waals surface area contributed by atoms with E-state index in [1.54, 1.807) is 7.05 Å². The van der Waals surface area contributed by atoms with Gasteiger partial charge in [0.25, 0.3) is 0 Å². The number of nitrogens with zero attached hydrogens (tertiary/aromatic N) is 2. The van der Waals surface area contributed by atoms with Gasteiger partial charge in [-0.05, 0) is 18.8 Å². The summed E-state index contributed by atoms with van der Waals surface area (Å²) >= 11 is 0. The molecule has 0 aliphatic rings. The highest BCUT2D eigenvalue weighted by Crippen LogP contribution is 2.22. The summed E-state index contributed by atoms with van der Waals surface area (Å²) in [5.41, 5.74) is 1.06. The second kappa shape index (κ2) is 12.6. The van der Waals surface area contributed by atoms with E-state index in [0.717, 1.165) is 36.8 Å². The SMILES string of the molecule is CCC(CC)CNC(=NC)NCc1cc(C(CC)CC)no1.I. The van der Waals surface area contributed by atoms with Crippen LogP contribution in [0, 0.1) is 5.92 Å². The van der Waals surface area contributed by atoms with Gasteiger partial charge in [0.05, 0.1) is 12.2 Å². The Kier molecular flexibility index (Phi) is 12.2. The summed E-state index contributed by atoms with van der Waals surface area (Å²) in [5, 5.41) is 10.8. The Hall–Kier alpha value is -0.790. The van der Waals surface area contributed by atoms with Crippen LogP contribution in [0.15, 0.2) is 15.6 Å². The van der Waals surface area contributed by atoms with Crippen LogP contribution in [0.1, 0.15) is 70.8 Å². The summed E-state index contributed by atoms with van der Waals surface area (Å²) < 4.78 is 5.42. The van der Waals surface area contributed by atoms with Gasteiger partial charge in [-0.1, -0.05) is 45.7 Å². The molecule has 1 heterocycles. The Morgan fingerprint density at radius 1 is 1.13 bits per heavy atom. The van der Waals surface area contributed by atoms with Crippen LogP contribution in [-0.2, 0) is 6.54 Å². The van der Waals surface area contributed by atoms with Crippen LogP contribution >= 0.6 is 24.0 Å². The molecule has 5 nitrogen and oxygen atoms in total. The molecule has 0 saturated heterocycles. The van der Waals surface area contributed by atoms with Crippen molar-refractivity contribution in [2.24, 2.45) is 10.9 Å². The number of hydrogen-bond acceptors (Lipinski definition) is 3. The van der Waals surface area contributed by atoms with Crippen molar-refractivity contribution < 1.29 is 4.52 Å². The van der Waals surface area contributed by atoms with Gasteiger partial charge in [-0.3, -0.25) is 4.99 Å². The van der Waals surface area contributed by atoms with Gasteiger partial charge < -0.3 is 15.2 Å². The highest BCUT2D eigenvalue weighted by Gasteiger charge is 2.13. The molecule has 1 aromatic heterocycles. The smallest absolute Gasteiger partial charge is 0.191 e. The number of hydrogen-bond donors (Lipinski definition) is 2. The third-order valence-corrected chi connectivity index (χ3v) is 4.35. The number of nitrogens with one attached hydrogen (secondary N) is 2. The quantitative estimate of drug-likeness (QED) is 0.344. The zero-order valence-corrected chi connectivity index (χ0v) is 17.5. The first-order valence-corrected chi connectivity index (χ1v) is 8.58. The minimum atomic E-state index is 0. The van der Waals surface area contributed by atoms with Crippen molar-refractivity contribution in [2.45, 2.75) is 65.8 Å². The Labute approximate surface area is 158 Å². The maximum Gasteiger partial charge on any atom is 0.191 e. The first-order valence-electron chi connectivity index (χ1n) is 8.58. The highest BCUT2D eigenvalue weighted by molar-refractivity contribution is 14.0. The van der Waals surface area contributed by atoms with Crippen LogP contribution in [-0.4, -0.2) is 24.7 Å². The summed E-state index contributed by atoms with van der Waals surface area (Å²) in [4.78, 5) is 4.25. The summed E-state index contributed by atoms with van der Waals surface area (Å²) in [6, 6.07) is 2.05. The van der Waals surface area contributed by atoms with Crippen molar-refractivity contribution in [3.05, 3.63) is 17.5 Å². The molecule has 1 aromatic rings. The lowest BCUT2D eigenvalue weighted by atomic mass is 9.99. The summed E-state index contributed by atoms with van der Waals surface area (Å²) in [5.74, 6) is 2.84. The topological polar surface area (TPSA) is 62.5 Å². The van der Waals surface area contributed by atoms with Crippen molar-refractivity contribution in [1.82, 2.24) is 15.8 Å². The van der Waals surface area contributed by atoms with Crippen LogP contribution in [0.25, 0.3) is 0 Å². The standard InChI is InChI=1S/C17H32N4O.HI/c1-6-13(7-2)11-19-17(18-5)20-12-15-10-16(21-22-15)14(8-3)9-4;/h10,13-14H,6-9,11-12H2,1-5H3,(H2,18,19,20);1H. The fourth-order valence-electron chi connectivity index (χ4n) is 2.52. The molecule has 1 rings (SSSR count). The van der Waals surface area contributed by atoms with Gasteiger partial charge in [0.1, 0.15) is 0 Å². The Bertz CT molecular complexity index is 440. The molecule has 0 atom stereocenters. The summed E-state index contributed by atoms with van der Waals surface area (Å²) in [7, 11) is 1.79. The van der Waals surface area contributed by atoms with E-state index in [-0.39, 0.29) is 24.0 Å². The van der Waals surface area contributed by atoms with E-state index in [1.165, 1.54) is 12.8 Å². The van der Waals surface area contributed by atoms with Gasteiger partial charge in [-0.15, -0.1) is 24.0 Å². The summed E-state index contributed by atoms with van der Waals surface area (Å²) in [6.45, 7) is 10.4. The normalized spacial score (nSPS) is 11.7. The first-order chi connectivity index (χ1) is 10.7. The lowest BCUT2D eigenvalue weighted by Crippen LogP contribution is -2.39. The zero-order chi connectivity index (χ0) is 16.4. The monoisotopic (exact) mass is 436 g/mol. The molecule has 0 aliphatic carbocycles. The van der Waals surface area contributed by atoms with E-state index >= 15 is 0 Å². The second-order valence-electron chi connectivity index (χ2n) is 5.72. The predicted octanol–water partition coefficient (Wildman–Crippen LogP) is 4.30. The molecule has 23 heavy (non-hydrogen) atoms. The predicted molar refractivity (Wildman–Crippen MR) is 108 cm³/mol. The van der Waals surface area contributed by atoms with E-state index < -0.39 is 0 Å². The Balaban J connectivity index is 0.00000484. The molecule has 0 fully saturated rings. The molecule has 6 heteroatoms. The fourth-order valence-corrected chi connectivity index (χ4v) is 2.52. The molecule has 0 spiro atoms. The van der Waals surface area contributed by atoms with Crippen molar-refractivity contribution >= 4 is 29.9 Å². The van der Waals surface area contributed by atoms with Crippen molar-refractivity contribution in [3.8, 4) is 0 Å². The van der Waals surface area contributed by atoms with Gasteiger partial charge in [0.15, 0.2) is 11.7 Å². The van der Waals surface area contributed by atoms with Crippen molar-refractivity contribution in [3.63, 3.8) is 0 Å². The molecule has 0 amide bonds. The largest absolute Gasteiger partial charge is 0.359 e. The number of aliphatic imine (C=N–C) groups is 1. The maximum absolute atomic E-state index is 5.42. The Morgan fingerprint density at radius 3 is 2.30 bits per heavy atom. The van der Waals surface area contributed by atoms with Crippen molar-refractivity contribution in [2.75, 3.05) is 13.6 Å². The second-order valence-corrected chi connectivity index (χ2v) is 5.72. The zero-order valence-electron chi connectivity index (χ0n) is 15.2. The molecule has 134 valence electrons. The van der Waals surface area contributed by atoms with E-state index in [4.69, 9.17) is 4.52 Å². The molecule has 0 bridgehead atoms. The maximum atomic E-state index is 5.42. The van der Waals surface area contributed by atoms with Crippen LogP contribution < -0.4 is 10.6 Å². The number of rotatable bonds is 9. The number of aromatic nitrogens is 1. The van der Waals surface area contributed by atoms with Gasteiger partial charge in [0, 0.05) is 25.6 Å². The third kappa shape index (κ3) is 7.54. The van der Waals surface area contributed by atoms with Crippen LogP contribution in [0.4, 0.5) is 0 Å². The van der Waals surface area contributed by atoms with E-state index in [0.29, 0.717) is 18.4 Å². The minimum absolute atomic E-state index is 0. The van der Waals surface area contributed by atoms with Gasteiger partial charge in [-0.25, -0.2) is 0 Å². The molecule has 0 unspecified atom stereocenters. The molecule has 2 N–H and O–H groups in total. The molecular formula is C17H33IN4O. The highest BCUT2D eigenvalue weighted by atomic mass is 127. The molecule has 0 saturated carbocycles. The van der Waals surface area contributed by atoms with E-state index in [2.05, 4.69) is 54.5 Å². The third-order valence-electron chi connectivity index (χ3n) is 4.35. The number of guanidine groups is 1. The van der Waals surface area contributed by atoms with Gasteiger partial charge in [0.2, 0.25) is 0 Å².